The maximum Gasteiger partial charge on any atom is 0.126 e. The summed E-state index contributed by atoms with van der Waals surface area (Å²) >= 11 is 0. The Morgan fingerprint density at radius 2 is 2.21 bits per heavy atom. The monoisotopic (exact) mass is 194 g/mol. The first-order valence-electron chi connectivity index (χ1n) is 4.75. The van der Waals surface area contributed by atoms with Gasteiger partial charge in [0.2, 0.25) is 0 Å². The molecule has 0 bridgehead atoms. The molecule has 0 saturated heterocycles. The van der Waals surface area contributed by atoms with Crippen molar-refractivity contribution in [2.75, 3.05) is 19.0 Å². The van der Waals surface area contributed by atoms with Gasteiger partial charge in [-0.15, -0.1) is 0 Å². The Hall–Kier alpha value is -1.09. The Morgan fingerprint density at radius 3 is 2.79 bits per heavy atom. The summed E-state index contributed by atoms with van der Waals surface area (Å²) in [5.74, 6) is 0.898. The Balaban J connectivity index is 2.54. The van der Waals surface area contributed by atoms with Crippen molar-refractivity contribution in [1.29, 1.82) is 0 Å². The molecule has 0 spiro atoms. The molecule has 1 N–H and O–H groups in total. The fraction of sp³-hybridized carbons (Fsp3) is 0.545. The van der Waals surface area contributed by atoms with Crippen LogP contribution in [0.25, 0.3) is 0 Å². The Bertz CT molecular complexity index is 297. The van der Waals surface area contributed by atoms with Crippen LogP contribution < -0.4 is 5.32 Å². The third kappa shape index (κ3) is 3.34. The van der Waals surface area contributed by atoms with Crippen LogP contribution in [0, 0.1) is 6.92 Å². The van der Waals surface area contributed by atoms with E-state index in [1.165, 1.54) is 5.56 Å². The Labute approximate surface area is 85.5 Å². The van der Waals surface area contributed by atoms with Gasteiger partial charge >= 0.3 is 0 Å². The zero-order valence-electron chi connectivity index (χ0n) is 9.29. The first kappa shape index (κ1) is 11.0. The second kappa shape index (κ2) is 4.42. The summed E-state index contributed by atoms with van der Waals surface area (Å²) in [6.45, 7) is 6.87. The summed E-state index contributed by atoms with van der Waals surface area (Å²) < 4.78 is 5.30. The molecule has 1 heterocycles. The van der Waals surface area contributed by atoms with Crippen LogP contribution in [-0.4, -0.2) is 24.2 Å². The van der Waals surface area contributed by atoms with Gasteiger partial charge in [0.15, 0.2) is 0 Å². The van der Waals surface area contributed by atoms with Crippen LogP contribution in [0.2, 0.25) is 0 Å². The van der Waals surface area contributed by atoms with Crippen molar-refractivity contribution in [3.63, 3.8) is 0 Å². The van der Waals surface area contributed by atoms with E-state index in [4.69, 9.17) is 4.74 Å². The van der Waals surface area contributed by atoms with Gasteiger partial charge in [0.25, 0.3) is 0 Å². The highest BCUT2D eigenvalue weighted by Gasteiger charge is 2.15. The predicted molar refractivity (Wildman–Crippen MR) is 58.6 cm³/mol. The summed E-state index contributed by atoms with van der Waals surface area (Å²) in [6, 6.07) is 4.00. The molecule has 0 aliphatic heterocycles. The van der Waals surface area contributed by atoms with Crippen molar-refractivity contribution < 1.29 is 4.74 Å². The molecule has 0 fully saturated rings. The molecule has 0 aliphatic carbocycles. The maximum absolute atomic E-state index is 5.30. The minimum Gasteiger partial charge on any atom is -0.377 e. The number of ether oxygens (including phenoxy) is 1. The topological polar surface area (TPSA) is 34.1 Å². The van der Waals surface area contributed by atoms with Gasteiger partial charge in [-0.2, -0.15) is 0 Å². The van der Waals surface area contributed by atoms with Crippen LogP contribution in [0.3, 0.4) is 0 Å². The molecule has 0 aliphatic rings. The molecule has 0 saturated carbocycles. The van der Waals surface area contributed by atoms with Crippen molar-refractivity contribution in [2.24, 2.45) is 0 Å². The summed E-state index contributed by atoms with van der Waals surface area (Å²) in [5.41, 5.74) is 1.04. The molecule has 0 amide bonds. The van der Waals surface area contributed by atoms with E-state index < -0.39 is 0 Å². The lowest BCUT2D eigenvalue weighted by atomic mass is 10.1. The van der Waals surface area contributed by atoms with Crippen LogP contribution in [0.5, 0.6) is 0 Å². The lowest BCUT2D eigenvalue weighted by Crippen LogP contribution is -2.32. The highest BCUT2D eigenvalue weighted by molar-refractivity contribution is 5.37. The van der Waals surface area contributed by atoms with Gasteiger partial charge in [-0.05, 0) is 38.5 Å². The van der Waals surface area contributed by atoms with Crippen molar-refractivity contribution in [3.05, 3.63) is 23.9 Å². The zero-order valence-corrected chi connectivity index (χ0v) is 9.29. The normalized spacial score (nSPS) is 11.4. The van der Waals surface area contributed by atoms with Crippen molar-refractivity contribution in [2.45, 2.75) is 26.4 Å². The molecule has 0 aromatic carbocycles. The van der Waals surface area contributed by atoms with Gasteiger partial charge in [0.1, 0.15) is 5.82 Å². The maximum atomic E-state index is 5.30. The van der Waals surface area contributed by atoms with E-state index in [0.717, 1.165) is 12.4 Å². The molecule has 0 atom stereocenters. The second-order valence-electron chi connectivity index (χ2n) is 4.04. The molecular weight excluding hydrogens is 176 g/mol. The molecule has 1 aromatic heterocycles. The largest absolute Gasteiger partial charge is 0.377 e. The lowest BCUT2D eigenvalue weighted by Gasteiger charge is -2.23. The summed E-state index contributed by atoms with van der Waals surface area (Å²) in [5, 5.41) is 3.24. The number of anilines is 1. The fourth-order valence-electron chi connectivity index (χ4n) is 1.01. The van der Waals surface area contributed by atoms with E-state index in [2.05, 4.69) is 10.3 Å². The average molecular weight is 194 g/mol. The van der Waals surface area contributed by atoms with Crippen LogP contribution in [0.4, 0.5) is 5.82 Å². The smallest absolute Gasteiger partial charge is 0.126 e. The summed E-state index contributed by atoms with van der Waals surface area (Å²) in [6.07, 6.45) is 1.80. The van der Waals surface area contributed by atoms with E-state index in [-0.39, 0.29) is 5.60 Å². The highest BCUT2D eigenvalue weighted by atomic mass is 16.5. The molecule has 0 radical (unpaired) electrons. The number of nitrogens with zero attached hydrogens (tertiary/aromatic N) is 1. The third-order valence-corrected chi connectivity index (χ3v) is 2.16. The fourth-order valence-corrected chi connectivity index (χ4v) is 1.01. The van der Waals surface area contributed by atoms with E-state index >= 15 is 0 Å². The van der Waals surface area contributed by atoms with Gasteiger partial charge in [-0.1, -0.05) is 0 Å². The van der Waals surface area contributed by atoms with Crippen molar-refractivity contribution in [1.82, 2.24) is 4.98 Å². The molecule has 0 unspecified atom stereocenters. The molecule has 14 heavy (non-hydrogen) atoms. The second-order valence-corrected chi connectivity index (χ2v) is 4.04. The predicted octanol–water partition coefficient (Wildman–Crippen LogP) is 2.23. The van der Waals surface area contributed by atoms with E-state index in [1.54, 1.807) is 13.3 Å². The minimum atomic E-state index is -0.161. The number of hydrogen-bond acceptors (Lipinski definition) is 3. The number of methoxy groups -OCH3 is 1. The molecule has 3 heteroatoms. The van der Waals surface area contributed by atoms with Crippen LogP contribution in [-0.2, 0) is 4.74 Å². The number of nitrogens with one attached hydrogen (secondary N) is 1. The average Bonchev–Trinajstić information content (AvgIpc) is 2.15. The van der Waals surface area contributed by atoms with Crippen LogP contribution >= 0.6 is 0 Å². The number of rotatable bonds is 4. The molecule has 78 valence electrons. The number of aromatic nitrogens is 1. The Morgan fingerprint density at radius 1 is 1.50 bits per heavy atom. The molecule has 1 rings (SSSR count). The first-order chi connectivity index (χ1) is 6.53. The number of pyridine rings is 1. The van der Waals surface area contributed by atoms with E-state index in [0.29, 0.717) is 0 Å². The van der Waals surface area contributed by atoms with Gasteiger partial charge in [-0.3, -0.25) is 0 Å². The standard InChI is InChI=1S/C11H18N2O/c1-9-5-6-12-10(7-9)13-8-11(2,3)14-4/h5-7H,8H2,1-4H3,(H,12,13). The van der Waals surface area contributed by atoms with Crippen molar-refractivity contribution in [3.8, 4) is 0 Å². The van der Waals surface area contributed by atoms with Crippen LogP contribution in [0.15, 0.2) is 18.3 Å². The van der Waals surface area contributed by atoms with Gasteiger partial charge in [0.05, 0.1) is 5.60 Å². The van der Waals surface area contributed by atoms with Crippen molar-refractivity contribution >= 4 is 5.82 Å². The number of aryl methyl sites for hydroxylation is 1. The zero-order chi connectivity index (χ0) is 10.6. The van der Waals surface area contributed by atoms with E-state index in [1.807, 2.05) is 32.9 Å². The van der Waals surface area contributed by atoms with E-state index in [9.17, 15) is 0 Å². The molecule has 1 aromatic rings. The van der Waals surface area contributed by atoms with Gasteiger partial charge < -0.3 is 10.1 Å². The summed E-state index contributed by atoms with van der Waals surface area (Å²) in [7, 11) is 1.71. The SMILES string of the molecule is COC(C)(C)CNc1cc(C)ccn1. The summed E-state index contributed by atoms with van der Waals surface area (Å²) in [4.78, 5) is 4.21. The highest BCUT2D eigenvalue weighted by Crippen LogP contribution is 2.10. The lowest BCUT2D eigenvalue weighted by molar-refractivity contribution is 0.0343. The molecular formula is C11H18N2O. The first-order valence-corrected chi connectivity index (χ1v) is 4.75. The quantitative estimate of drug-likeness (QED) is 0.798. The van der Waals surface area contributed by atoms with Crippen LogP contribution in [0.1, 0.15) is 19.4 Å². The van der Waals surface area contributed by atoms with Gasteiger partial charge in [-0.25, -0.2) is 4.98 Å². The van der Waals surface area contributed by atoms with Gasteiger partial charge in [0, 0.05) is 19.9 Å². The molecule has 3 nitrogen and oxygen atoms in total. The third-order valence-electron chi connectivity index (χ3n) is 2.16. The Kier molecular flexibility index (Phi) is 3.47. The number of hydrogen-bond donors (Lipinski definition) is 1. The minimum absolute atomic E-state index is 0.161.